The third-order valence-corrected chi connectivity index (χ3v) is 2.40. The van der Waals surface area contributed by atoms with Gasteiger partial charge in [-0.15, -0.1) is 0 Å². The van der Waals surface area contributed by atoms with Gasteiger partial charge in [-0.1, -0.05) is 13.3 Å². The summed E-state index contributed by atoms with van der Waals surface area (Å²) in [6.07, 6.45) is 5.59. The van der Waals surface area contributed by atoms with E-state index in [1.165, 1.54) is 6.42 Å². The molecule has 0 aromatic carbocycles. The Hall–Kier alpha value is -0.610. The minimum Gasteiger partial charge on any atom is -0.396 e. The number of likely N-dealkylation sites (tertiary alicyclic amines) is 1. The van der Waals surface area contributed by atoms with Gasteiger partial charge < -0.3 is 15.7 Å². The number of hydrogen-bond acceptors (Lipinski definition) is 3. The smallest absolute Gasteiger partial charge is 0.236 e. The van der Waals surface area contributed by atoms with E-state index in [4.69, 9.17) is 10.8 Å². The standard InChI is InChI=1S/C7H14N2O.C4H10O/c8-6-7(10)9-4-2-1-3-5-9;1-2-3-4-5/h1-6,8H2;5H,2-4H2,1H3. The van der Waals surface area contributed by atoms with Crippen molar-refractivity contribution in [2.45, 2.75) is 39.0 Å². The van der Waals surface area contributed by atoms with Crippen LogP contribution in [0.5, 0.6) is 0 Å². The number of aliphatic hydroxyl groups is 1. The molecule has 3 N–H and O–H groups in total. The first-order chi connectivity index (χ1) is 7.26. The van der Waals surface area contributed by atoms with Crippen LogP contribution >= 0.6 is 0 Å². The van der Waals surface area contributed by atoms with Gasteiger partial charge in [-0.3, -0.25) is 4.79 Å². The SMILES string of the molecule is CCCCO.NCC(=O)N1CCCCC1. The Morgan fingerprint density at radius 1 is 1.33 bits per heavy atom. The molecule has 15 heavy (non-hydrogen) atoms. The fraction of sp³-hybridized carbons (Fsp3) is 0.909. The second-order valence-corrected chi connectivity index (χ2v) is 3.72. The largest absolute Gasteiger partial charge is 0.396 e. The molecule has 1 aliphatic rings. The van der Waals surface area contributed by atoms with Gasteiger partial charge in [0, 0.05) is 19.7 Å². The fourth-order valence-electron chi connectivity index (χ4n) is 1.43. The first kappa shape index (κ1) is 14.4. The van der Waals surface area contributed by atoms with Crippen LogP contribution < -0.4 is 5.73 Å². The number of hydrogen-bond donors (Lipinski definition) is 2. The van der Waals surface area contributed by atoms with Crippen LogP contribution in [-0.4, -0.2) is 42.2 Å². The minimum atomic E-state index is 0.0969. The first-order valence-electron chi connectivity index (χ1n) is 5.85. The summed E-state index contributed by atoms with van der Waals surface area (Å²) in [5.74, 6) is 0.0969. The van der Waals surface area contributed by atoms with Gasteiger partial charge in [-0.05, 0) is 25.7 Å². The highest BCUT2D eigenvalue weighted by Gasteiger charge is 2.13. The lowest BCUT2D eigenvalue weighted by Gasteiger charge is -2.25. The molecule has 0 bridgehead atoms. The molecule has 0 saturated carbocycles. The van der Waals surface area contributed by atoms with Crippen molar-refractivity contribution in [1.29, 1.82) is 0 Å². The third kappa shape index (κ3) is 7.33. The molecule has 0 atom stereocenters. The maximum Gasteiger partial charge on any atom is 0.236 e. The third-order valence-electron chi connectivity index (χ3n) is 2.40. The minimum absolute atomic E-state index is 0.0969. The molecule has 0 aromatic rings. The second-order valence-electron chi connectivity index (χ2n) is 3.72. The van der Waals surface area contributed by atoms with E-state index in [1.54, 1.807) is 0 Å². The molecule has 1 fully saturated rings. The van der Waals surface area contributed by atoms with E-state index in [2.05, 4.69) is 6.92 Å². The maximum absolute atomic E-state index is 11.0. The number of aliphatic hydroxyl groups excluding tert-OH is 1. The molecule has 4 heteroatoms. The lowest BCUT2D eigenvalue weighted by atomic mass is 10.1. The Morgan fingerprint density at radius 2 is 1.93 bits per heavy atom. The van der Waals surface area contributed by atoms with Crippen molar-refractivity contribution in [2.75, 3.05) is 26.2 Å². The number of nitrogens with zero attached hydrogens (tertiary/aromatic N) is 1. The van der Waals surface area contributed by atoms with Crippen molar-refractivity contribution in [3.8, 4) is 0 Å². The predicted octanol–water partition coefficient (Wildman–Crippen LogP) is 0.736. The van der Waals surface area contributed by atoms with E-state index in [0.29, 0.717) is 6.61 Å². The Bertz CT molecular complexity index is 155. The van der Waals surface area contributed by atoms with Crippen LogP contribution in [0.25, 0.3) is 0 Å². The van der Waals surface area contributed by atoms with E-state index in [-0.39, 0.29) is 12.5 Å². The Morgan fingerprint density at radius 3 is 2.27 bits per heavy atom. The summed E-state index contributed by atoms with van der Waals surface area (Å²) in [6, 6.07) is 0. The molecule has 0 aliphatic carbocycles. The molecular formula is C11H24N2O2. The number of amides is 1. The Labute approximate surface area is 92.4 Å². The topological polar surface area (TPSA) is 66.6 Å². The number of rotatable bonds is 3. The molecule has 1 rings (SSSR count). The quantitative estimate of drug-likeness (QED) is 0.731. The zero-order valence-corrected chi connectivity index (χ0v) is 9.74. The van der Waals surface area contributed by atoms with Crippen molar-refractivity contribution < 1.29 is 9.90 Å². The van der Waals surface area contributed by atoms with Gasteiger partial charge in [0.05, 0.1) is 6.54 Å². The van der Waals surface area contributed by atoms with E-state index in [9.17, 15) is 4.79 Å². The summed E-state index contributed by atoms with van der Waals surface area (Å²) in [5, 5.41) is 8.07. The van der Waals surface area contributed by atoms with E-state index < -0.39 is 0 Å². The first-order valence-corrected chi connectivity index (χ1v) is 5.85. The van der Waals surface area contributed by atoms with Crippen molar-refractivity contribution in [2.24, 2.45) is 5.73 Å². The van der Waals surface area contributed by atoms with Gasteiger partial charge in [0.15, 0.2) is 0 Å². The molecular weight excluding hydrogens is 192 g/mol. The van der Waals surface area contributed by atoms with Crippen LogP contribution in [0.15, 0.2) is 0 Å². The monoisotopic (exact) mass is 216 g/mol. The molecule has 1 aliphatic heterocycles. The highest BCUT2D eigenvalue weighted by Crippen LogP contribution is 2.07. The molecule has 90 valence electrons. The van der Waals surface area contributed by atoms with Crippen LogP contribution in [0, 0.1) is 0 Å². The molecule has 4 nitrogen and oxygen atoms in total. The Kier molecular flexibility index (Phi) is 9.52. The number of carbonyl (C=O) groups is 1. The summed E-state index contributed by atoms with van der Waals surface area (Å²) in [7, 11) is 0. The zero-order chi connectivity index (χ0) is 11.5. The normalized spacial score (nSPS) is 15.5. The van der Waals surface area contributed by atoms with Crippen molar-refractivity contribution in [3.05, 3.63) is 0 Å². The van der Waals surface area contributed by atoms with Crippen LogP contribution in [-0.2, 0) is 4.79 Å². The number of carbonyl (C=O) groups excluding carboxylic acids is 1. The number of piperidine rings is 1. The number of unbranched alkanes of at least 4 members (excludes halogenated alkanes) is 1. The fourth-order valence-corrected chi connectivity index (χ4v) is 1.43. The van der Waals surface area contributed by atoms with Crippen molar-refractivity contribution >= 4 is 5.91 Å². The van der Waals surface area contributed by atoms with Crippen LogP contribution in [0.3, 0.4) is 0 Å². The zero-order valence-electron chi connectivity index (χ0n) is 9.74. The highest BCUT2D eigenvalue weighted by atomic mass is 16.2. The molecule has 1 heterocycles. The summed E-state index contributed by atoms with van der Waals surface area (Å²) in [6.45, 7) is 4.39. The summed E-state index contributed by atoms with van der Waals surface area (Å²) in [5.41, 5.74) is 5.21. The van der Waals surface area contributed by atoms with Crippen LogP contribution in [0.2, 0.25) is 0 Å². The summed E-state index contributed by atoms with van der Waals surface area (Å²) < 4.78 is 0. The van der Waals surface area contributed by atoms with E-state index >= 15 is 0 Å². The summed E-state index contributed by atoms with van der Waals surface area (Å²) in [4.78, 5) is 12.8. The molecule has 1 amide bonds. The van der Waals surface area contributed by atoms with Gasteiger partial charge in [-0.2, -0.15) is 0 Å². The van der Waals surface area contributed by atoms with Crippen LogP contribution in [0.1, 0.15) is 39.0 Å². The van der Waals surface area contributed by atoms with E-state index in [1.807, 2.05) is 4.90 Å². The van der Waals surface area contributed by atoms with Gasteiger partial charge in [-0.25, -0.2) is 0 Å². The van der Waals surface area contributed by atoms with Gasteiger partial charge >= 0.3 is 0 Å². The lowest BCUT2D eigenvalue weighted by molar-refractivity contribution is -0.130. The predicted molar refractivity (Wildman–Crippen MR) is 61.5 cm³/mol. The molecule has 0 aromatic heterocycles. The molecule has 0 spiro atoms. The van der Waals surface area contributed by atoms with Crippen LogP contribution in [0.4, 0.5) is 0 Å². The van der Waals surface area contributed by atoms with E-state index in [0.717, 1.165) is 38.8 Å². The Balaban J connectivity index is 0.000000336. The average Bonchev–Trinajstić information content (AvgIpc) is 2.31. The lowest BCUT2D eigenvalue weighted by Crippen LogP contribution is -2.39. The molecule has 0 unspecified atom stereocenters. The number of nitrogens with two attached hydrogens (primary N) is 1. The van der Waals surface area contributed by atoms with Gasteiger partial charge in [0.25, 0.3) is 0 Å². The second kappa shape index (κ2) is 9.93. The average molecular weight is 216 g/mol. The van der Waals surface area contributed by atoms with Gasteiger partial charge in [0.2, 0.25) is 5.91 Å². The van der Waals surface area contributed by atoms with Crippen molar-refractivity contribution in [3.63, 3.8) is 0 Å². The van der Waals surface area contributed by atoms with Crippen molar-refractivity contribution in [1.82, 2.24) is 4.90 Å². The summed E-state index contributed by atoms with van der Waals surface area (Å²) >= 11 is 0. The van der Waals surface area contributed by atoms with Gasteiger partial charge in [0.1, 0.15) is 0 Å². The molecule has 1 saturated heterocycles. The highest BCUT2D eigenvalue weighted by molar-refractivity contribution is 5.78. The molecule has 0 radical (unpaired) electrons. The maximum atomic E-state index is 11.0.